The van der Waals surface area contributed by atoms with Crippen molar-refractivity contribution in [2.45, 2.75) is 58.0 Å². The zero-order chi connectivity index (χ0) is 15.5. The molecule has 1 heterocycles. The number of rotatable bonds is 4. The first-order valence-corrected chi connectivity index (χ1v) is 8.22. The van der Waals surface area contributed by atoms with Gasteiger partial charge in [-0.05, 0) is 44.4 Å². The summed E-state index contributed by atoms with van der Waals surface area (Å²) in [6.07, 6.45) is 5.03. The molecule has 0 bridgehead atoms. The van der Waals surface area contributed by atoms with Crippen LogP contribution in [-0.4, -0.2) is 47.1 Å². The van der Waals surface area contributed by atoms with E-state index in [0.717, 1.165) is 32.2 Å². The minimum atomic E-state index is -1.12. The number of nitrogens with zero attached hydrogens (tertiary/aromatic N) is 1. The number of aliphatic hydroxyl groups is 1. The quantitative estimate of drug-likeness (QED) is 0.821. The number of likely N-dealkylation sites (tertiary alicyclic amines) is 1. The van der Waals surface area contributed by atoms with Crippen molar-refractivity contribution in [2.75, 3.05) is 19.6 Å². The van der Waals surface area contributed by atoms with E-state index in [1.54, 1.807) is 4.90 Å². The number of nitrogens with one attached hydrogen (secondary N) is 1. The van der Waals surface area contributed by atoms with E-state index in [4.69, 9.17) is 0 Å². The predicted octanol–water partition coefficient (Wildman–Crippen LogP) is 1.30. The first-order valence-electron chi connectivity index (χ1n) is 8.22. The van der Waals surface area contributed by atoms with Crippen LogP contribution in [-0.2, 0) is 9.59 Å². The highest BCUT2D eigenvalue weighted by Gasteiger charge is 2.42. The molecule has 1 atom stereocenters. The van der Waals surface area contributed by atoms with Crippen LogP contribution < -0.4 is 5.32 Å². The van der Waals surface area contributed by atoms with Gasteiger partial charge in [-0.25, -0.2) is 0 Å². The van der Waals surface area contributed by atoms with Gasteiger partial charge in [-0.15, -0.1) is 0 Å². The van der Waals surface area contributed by atoms with E-state index < -0.39 is 5.60 Å². The first-order chi connectivity index (χ1) is 9.92. The molecule has 1 aliphatic heterocycles. The number of piperidine rings is 1. The highest BCUT2D eigenvalue weighted by atomic mass is 16.3. The largest absolute Gasteiger partial charge is 0.380 e. The molecular weight excluding hydrogens is 268 g/mol. The highest BCUT2D eigenvalue weighted by molar-refractivity contribution is 5.85. The average Bonchev–Trinajstić information content (AvgIpc) is 2.92. The first kappa shape index (κ1) is 16.3. The molecular formula is C16H28N2O3. The van der Waals surface area contributed by atoms with Crippen LogP contribution in [0.5, 0.6) is 0 Å². The van der Waals surface area contributed by atoms with Crippen LogP contribution in [0.4, 0.5) is 0 Å². The summed E-state index contributed by atoms with van der Waals surface area (Å²) in [6, 6.07) is 0. The molecule has 1 saturated carbocycles. The Kier molecular flexibility index (Phi) is 5.25. The summed E-state index contributed by atoms with van der Waals surface area (Å²) in [5.41, 5.74) is -1.12. The summed E-state index contributed by atoms with van der Waals surface area (Å²) < 4.78 is 0. The average molecular weight is 296 g/mol. The van der Waals surface area contributed by atoms with Crippen molar-refractivity contribution in [3.8, 4) is 0 Å². The molecule has 0 aromatic carbocycles. The van der Waals surface area contributed by atoms with Crippen LogP contribution in [0.1, 0.15) is 52.4 Å². The molecule has 1 saturated heterocycles. The van der Waals surface area contributed by atoms with Gasteiger partial charge in [-0.2, -0.15) is 0 Å². The van der Waals surface area contributed by atoms with Gasteiger partial charge < -0.3 is 15.3 Å². The Morgan fingerprint density at radius 3 is 2.57 bits per heavy atom. The maximum Gasteiger partial charge on any atom is 0.254 e. The van der Waals surface area contributed by atoms with Gasteiger partial charge in [-0.1, -0.05) is 13.8 Å². The van der Waals surface area contributed by atoms with Gasteiger partial charge in [0.25, 0.3) is 5.91 Å². The molecule has 2 fully saturated rings. The number of amides is 2. The van der Waals surface area contributed by atoms with E-state index in [0.29, 0.717) is 31.8 Å². The van der Waals surface area contributed by atoms with Gasteiger partial charge in [-0.3, -0.25) is 9.59 Å². The normalized spacial score (nSPS) is 25.1. The van der Waals surface area contributed by atoms with Crippen molar-refractivity contribution in [1.82, 2.24) is 10.2 Å². The molecule has 1 unspecified atom stereocenters. The molecule has 2 rings (SSSR count). The molecule has 21 heavy (non-hydrogen) atoms. The molecule has 120 valence electrons. The standard InChI is InChI=1S/C16H28N2O3/c1-12(2)14(19)17-10-13-6-5-9-18(11-13)15(20)16(21)7-3-4-8-16/h12-13,21H,3-11H2,1-2H3,(H,17,19). The van der Waals surface area contributed by atoms with E-state index in [2.05, 4.69) is 5.32 Å². The molecule has 1 aliphatic carbocycles. The lowest BCUT2D eigenvalue weighted by atomic mass is 9.94. The molecule has 0 aromatic rings. The van der Waals surface area contributed by atoms with Crippen LogP contribution in [0.25, 0.3) is 0 Å². The van der Waals surface area contributed by atoms with Crippen molar-refractivity contribution < 1.29 is 14.7 Å². The summed E-state index contributed by atoms with van der Waals surface area (Å²) in [5, 5.41) is 13.4. The van der Waals surface area contributed by atoms with Crippen molar-refractivity contribution in [1.29, 1.82) is 0 Å². The highest BCUT2D eigenvalue weighted by Crippen LogP contribution is 2.32. The number of carbonyl (C=O) groups excluding carboxylic acids is 2. The second-order valence-corrected chi connectivity index (χ2v) is 6.90. The molecule has 0 spiro atoms. The second kappa shape index (κ2) is 6.77. The SMILES string of the molecule is CC(C)C(=O)NCC1CCCN(C(=O)C2(O)CCCC2)C1. The van der Waals surface area contributed by atoms with Gasteiger partial charge in [0.05, 0.1) is 0 Å². The summed E-state index contributed by atoms with van der Waals surface area (Å²) in [7, 11) is 0. The molecule has 2 aliphatic rings. The maximum absolute atomic E-state index is 12.5. The third kappa shape index (κ3) is 3.96. The predicted molar refractivity (Wildman–Crippen MR) is 80.6 cm³/mol. The minimum Gasteiger partial charge on any atom is -0.380 e. The number of carbonyl (C=O) groups is 2. The Morgan fingerprint density at radius 2 is 1.95 bits per heavy atom. The monoisotopic (exact) mass is 296 g/mol. The van der Waals surface area contributed by atoms with Crippen LogP contribution in [0.3, 0.4) is 0 Å². The van der Waals surface area contributed by atoms with Crippen molar-refractivity contribution in [2.24, 2.45) is 11.8 Å². The van der Waals surface area contributed by atoms with Crippen LogP contribution in [0.2, 0.25) is 0 Å². The molecule has 5 heteroatoms. The molecule has 2 N–H and O–H groups in total. The Balaban J connectivity index is 1.85. The lowest BCUT2D eigenvalue weighted by Gasteiger charge is -2.37. The topological polar surface area (TPSA) is 69.6 Å². The van der Waals surface area contributed by atoms with Crippen molar-refractivity contribution in [3.05, 3.63) is 0 Å². The molecule has 2 amide bonds. The van der Waals surface area contributed by atoms with Crippen LogP contribution >= 0.6 is 0 Å². The third-order valence-electron chi connectivity index (χ3n) is 4.72. The lowest BCUT2D eigenvalue weighted by molar-refractivity contribution is -0.152. The van der Waals surface area contributed by atoms with Gasteiger partial charge in [0.2, 0.25) is 5.91 Å². The Bertz CT molecular complexity index is 389. The second-order valence-electron chi connectivity index (χ2n) is 6.90. The fourth-order valence-electron chi connectivity index (χ4n) is 3.33. The summed E-state index contributed by atoms with van der Waals surface area (Å²) >= 11 is 0. The lowest BCUT2D eigenvalue weighted by Crippen LogP contribution is -2.52. The number of hydrogen-bond acceptors (Lipinski definition) is 3. The summed E-state index contributed by atoms with van der Waals surface area (Å²) in [5.74, 6) is 0.258. The molecule has 0 radical (unpaired) electrons. The fourth-order valence-corrected chi connectivity index (χ4v) is 3.33. The van der Waals surface area contributed by atoms with E-state index in [1.807, 2.05) is 13.8 Å². The maximum atomic E-state index is 12.5. The van der Waals surface area contributed by atoms with E-state index in [-0.39, 0.29) is 17.7 Å². The Morgan fingerprint density at radius 1 is 1.29 bits per heavy atom. The van der Waals surface area contributed by atoms with E-state index >= 15 is 0 Å². The van der Waals surface area contributed by atoms with Crippen LogP contribution in [0, 0.1) is 11.8 Å². The van der Waals surface area contributed by atoms with Crippen LogP contribution in [0.15, 0.2) is 0 Å². The smallest absolute Gasteiger partial charge is 0.254 e. The van der Waals surface area contributed by atoms with Crippen molar-refractivity contribution >= 4 is 11.8 Å². The zero-order valence-electron chi connectivity index (χ0n) is 13.2. The molecule has 5 nitrogen and oxygen atoms in total. The summed E-state index contributed by atoms with van der Waals surface area (Å²) in [6.45, 7) is 5.76. The Hall–Kier alpha value is -1.10. The van der Waals surface area contributed by atoms with E-state index in [1.165, 1.54) is 0 Å². The summed E-state index contributed by atoms with van der Waals surface area (Å²) in [4.78, 5) is 25.9. The Labute approximate surface area is 127 Å². The van der Waals surface area contributed by atoms with Gasteiger partial charge in [0.15, 0.2) is 0 Å². The van der Waals surface area contributed by atoms with E-state index in [9.17, 15) is 14.7 Å². The molecule has 0 aromatic heterocycles. The van der Waals surface area contributed by atoms with Gasteiger partial charge in [0, 0.05) is 25.6 Å². The third-order valence-corrected chi connectivity index (χ3v) is 4.72. The van der Waals surface area contributed by atoms with Gasteiger partial charge >= 0.3 is 0 Å². The number of hydrogen-bond donors (Lipinski definition) is 2. The fraction of sp³-hybridized carbons (Fsp3) is 0.875. The van der Waals surface area contributed by atoms with Gasteiger partial charge in [0.1, 0.15) is 5.60 Å². The minimum absolute atomic E-state index is 0.00877. The van der Waals surface area contributed by atoms with Crippen molar-refractivity contribution in [3.63, 3.8) is 0 Å². The zero-order valence-corrected chi connectivity index (χ0v) is 13.2.